The molecule has 0 fully saturated rings. The van der Waals surface area contributed by atoms with E-state index in [1.54, 1.807) is 35.7 Å². The molecular formula is C13H10ClNO2S. The molecule has 1 aromatic carbocycles. The lowest BCUT2D eigenvalue weighted by Crippen LogP contribution is -2.10. The van der Waals surface area contributed by atoms with Crippen LogP contribution in [0, 0.1) is 0 Å². The van der Waals surface area contributed by atoms with E-state index in [2.05, 4.69) is 5.32 Å². The summed E-state index contributed by atoms with van der Waals surface area (Å²) in [6.45, 7) is 1.49. The van der Waals surface area contributed by atoms with Gasteiger partial charge in [-0.05, 0) is 25.1 Å². The molecule has 0 aliphatic rings. The van der Waals surface area contributed by atoms with Crippen molar-refractivity contribution in [3.05, 3.63) is 51.2 Å². The minimum absolute atomic E-state index is 0.0368. The van der Waals surface area contributed by atoms with E-state index in [1.165, 1.54) is 18.3 Å². The Balaban J connectivity index is 2.16. The average Bonchev–Trinajstić information content (AvgIpc) is 2.76. The standard InChI is InChI=1S/C13H10ClNO2S/c1-8(16)9-3-2-4-11(5-9)15-13(17)12-6-10(14)7-18-12/h2-7H,1H3,(H,15,17). The molecule has 3 nitrogen and oxygen atoms in total. The molecule has 18 heavy (non-hydrogen) atoms. The van der Waals surface area contributed by atoms with Crippen molar-refractivity contribution in [2.45, 2.75) is 6.92 Å². The molecule has 0 saturated carbocycles. The van der Waals surface area contributed by atoms with E-state index >= 15 is 0 Å². The van der Waals surface area contributed by atoms with E-state index in [4.69, 9.17) is 11.6 Å². The smallest absolute Gasteiger partial charge is 0.265 e. The number of Topliss-reactive ketones (excluding diaryl/α,β-unsaturated/α-hetero) is 1. The monoisotopic (exact) mass is 279 g/mol. The minimum atomic E-state index is -0.229. The van der Waals surface area contributed by atoms with Crippen molar-refractivity contribution in [3.8, 4) is 0 Å². The summed E-state index contributed by atoms with van der Waals surface area (Å²) in [6.07, 6.45) is 0. The number of halogens is 1. The molecule has 92 valence electrons. The van der Waals surface area contributed by atoms with Crippen LogP contribution in [0.2, 0.25) is 5.02 Å². The Bertz CT molecular complexity index is 607. The number of thiophene rings is 1. The van der Waals surface area contributed by atoms with Crippen LogP contribution in [0.1, 0.15) is 27.0 Å². The SMILES string of the molecule is CC(=O)c1cccc(NC(=O)c2cc(Cl)cs2)c1. The highest BCUT2D eigenvalue weighted by Crippen LogP contribution is 2.20. The predicted molar refractivity (Wildman–Crippen MR) is 73.7 cm³/mol. The van der Waals surface area contributed by atoms with E-state index < -0.39 is 0 Å². The number of ketones is 1. The molecule has 0 aliphatic carbocycles. The molecule has 0 saturated heterocycles. The molecule has 0 atom stereocenters. The van der Waals surface area contributed by atoms with E-state index in [0.717, 1.165) is 0 Å². The maximum absolute atomic E-state index is 11.9. The van der Waals surface area contributed by atoms with E-state index in [0.29, 0.717) is 21.2 Å². The van der Waals surface area contributed by atoms with Gasteiger partial charge < -0.3 is 5.32 Å². The lowest BCUT2D eigenvalue weighted by atomic mass is 10.1. The van der Waals surface area contributed by atoms with Crippen LogP contribution in [0.25, 0.3) is 0 Å². The van der Waals surface area contributed by atoms with Gasteiger partial charge in [0.15, 0.2) is 5.78 Å². The molecule has 1 amide bonds. The fourth-order valence-corrected chi connectivity index (χ4v) is 2.41. The summed E-state index contributed by atoms with van der Waals surface area (Å²) in [7, 11) is 0. The van der Waals surface area contributed by atoms with Gasteiger partial charge in [0, 0.05) is 16.6 Å². The number of carbonyl (C=O) groups is 2. The van der Waals surface area contributed by atoms with Crippen LogP contribution in [0.4, 0.5) is 5.69 Å². The molecule has 5 heteroatoms. The van der Waals surface area contributed by atoms with Crippen molar-refractivity contribution >= 4 is 40.3 Å². The van der Waals surface area contributed by atoms with Gasteiger partial charge in [0.25, 0.3) is 5.91 Å². The van der Waals surface area contributed by atoms with E-state index in [9.17, 15) is 9.59 Å². The number of anilines is 1. The topological polar surface area (TPSA) is 46.2 Å². The van der Waals surface area contributed by atoms with Crippen LogP contribution in [-0.2, 0) is 0 Å². The number of benzene rings is 1. The summed E-state index contributed by atoms with van der Waals surface area (Å²) in [6, 6.07) is 8.43. The second-order valence-corrected chi connectivity index (χ2v) is 5.07. The number of hydrogen-bond donors (Lipinski definition) is 1. The van der Waals surface area contributed by atoms with E-state index in [1.807, 2.05) is 0 Å². The minimum Gasteiger partial charge on any atom is -0.321 e. The predicted octanol–water partition coefficient (Wildman–Crippen LogP) is 3.86. The molecule has 0 radical (unpaired) electrons. The van der Waals surface area contributed by atoms with Gasteiger partial charge in [-0.15, -0.1) is 11.3 Å². The highest BCUT2D eigenvalue weighted by Gasteiger charge is 2.09. The van der Waals surface area contributed by atoms with Gasteiger partial charge in [-0.3, -0.25) is 9.59 Å². The first-order valence-corrected chi connectivity index (χ1v) is 6.48. The second kappa shape index (κ2) is 5.33. The van der Waals surface area contributed by atoms with Crippen molar-refractivity contribution in [2.24, 2.45) is 0 Å². The lowest BCUT2D eigenvalue weighted by molar-refractivity contribution is 0.101. The first-order chi connectivity index (χ1) is 8.56. The number of amides is 1. The van der Waals surface area contributed by atoms with Gasteiger partial charge in [-0.25, -0.2) is 0 Å². The first kappa shape index (κ1) is 12.8. The maximum atomic E-state index is 11.9. The molecule has 2 aromatic rings. The number of rotatable bonds is 3. The zero-order valence-electron chi connectivity index (χ0n) is 9.57. The van der Waals surface area contributed by atoms with Crippen LogP contribution in [-0.4, -0.2) is 11.7 Å². The third kappa shape index (κ3) is 2.97. The first-order valence-electron chi connectivity index (χ1n) is 5.22. The van der Waals surface area contributed by atoms with Crippen molar-refractivity contribution in [3.63, 3.8) is 0 Å². The average molecular weight is 280 g/mol. The fourth-order valence-electron chi connectivity index (χ4n) is 1.44. The van der Waals surface area contributed by atoms with Crippen LogP contribution < -0.4 is 5.32 Å². The Labute approximate surface area is 113 Å². The largest absolute Gasteiger partial charge is 0.321 e. The summed E-state index contributed by atoms with van der Waals surface area (Å²) in [4.78, 5) is 23.6. The van der Waals surface area contributed by atoms with Gasteiger partial charge in [0.2, 0.25) is 0 Å². The number of nitrogens with one attached hydrogen (secondary N) is 1. The van der Waals surface area contributed by atoms with Crippen LogP contribution >= 0.6 is 22.9 Å². The molecule has 0 aliphatic heterocycles. The molecule has 1 aromatic heterocycles. The summed E-state index contributed by atoms with van der Waals surface area (Å²) >= 11 is 7.04. The zero-order chi connectivity index (χ0) is 13.1. The highest BCUT2D eigenvalue weighted by atomic mass is 35.5. The third-order valence-corrected chi connectivity index (χ3v) is 3.59. The van der Waals surface area contributed by atoms with E-state index in [-0.39, 0.29) is 11.7 Å². The summed E-state index contributed by atoms with van der Waals surface area (Å²) in [5.74, 6) is -0.266. The molecule has 2 rings (SSSR count). The van der Waals surface area contributed by atoms with Gasteiger partial charge in [0.1, 0.15) is 0 Å². The number of carbonyl (C=O) groups excluding carboxylic acids is 2. The molecule has 1 heterocycles. The normalized spacial score (nSPS) is 10.1. The maximum Gasteiger partial charge on any atom is 0.265 e. The summed E-state index contributed by atoms with van der Waals surface area (Å²) in [5, 5.41) is 4.97. The lowest BCUT2D eigenvalue weighted by Gasteiger charge is -2.04. The Hall–Kier alpha value is -1.65. The molecule has 0 unspecified atom stereocenters. The molecular weight excluding hydrogens is 270 g/mol. The van der Waals surface area contributed by atoms with Gasteiger partial charge in [-0.1, -0.05) is 23.7 Å². The van der Waals surface area contributed by atoms with Crippen LogP contribution in [0.3, 0.4) is 0 Å². The van der Waals surface area contributed by atoms with Gasteiger partial charge in [-0.2, -0.15) is 0 Å². The Morgan fingerprint density at radius 2 is 2.06 bits per heavy atom. The summed E-state index contributed by atoms with van der Waals surface area (Å²) in [5.41, 5.74) is 1.16. The second-order valence-electron chi connectivity index (χ2n) is 3.72. The van der Waals surface area contributed by atoms with Crippen molar-refractivity contribution < 1.29 is 9.59 Å². The summed E-state index contributed by atoms with van der Waals surface area (Å²) < 4.78 is 0. The van der Waals surface area contributed by atoms with Crippen LogP contribution in [0.5, 0.6) is 0 Å². The molecule has 1 N–H and O–H groups in total. The van der Waals surface area contributed by atoms with Crippen molar-refractivity contribution in [2.75, 3.05) is 5.32 Å². The van der Waals surface area contributed by atoms with Crippen molar-refractivity contribution in [1.82, 2.24) is 0 Å². The molecule has 0 bridgehead atoms. The Morgan fingerprint density at radius 3 is 2.67 bits per heavy atom. The Kier molecular flexibility index (Phi) is 3.79. The Morgan fingerprint density at radius 1 is 1.28 bits per heavy atom. The highest BCUT2D eigenvalue weighted by molar-refractivity contribution is 7.12. The van der Waals surface area contributed by atoms with Gasteiger partial charge in [0.05, 0.1) is 9.90 Å². The third-order valence-electron chi connectivity index (χ3n) is 2.32. The zero-order valence-corrected chi connectivity index (χ0v) is 11.1. The van der Waals surface area contributed by atoms with Gasteiger partial charge >= 0.3 is 0 Å². The van der Waals surface area contributed by atoms with Crippen LogP contribution in [0.15, 0.2) is 35.7 Å². The number of hydrogen-bond acceptors (Lipinski definition) is 3. The fraction of sp³-hybridized carbons (Fsp3) is 0.0769. The quantitative estimate of drug-likeness (QED) is 0.867. The van der Waals surface area contributed by atoms with Crippen molar-refractivity contribution in [1.29, 1.82) is 0 Å². The molecule has 0 spiro atoms.